The molecule has 0 fully saturated rings. The molecule has 0 heterocycles. The smallest absolute Gasteiger partial charge is 0.361 e. The molecule has 9 heteroatoms. The van der Waals surface area contributed by atoms with Crippen LogP contribution in [0.2, 0.25) is 0 Å². The minimum Gasteiger partial charge on any atom is -0.477 e. The molecule has 1 N–H and O–H groups in total. The topological polar surface area (TPSA) is 108 Å². The van der Waals surface area contributed by atoms with Crippen LogP contribution in [-0.4, -0.2) is 87.4 Å². The summed E-state index contributed by atoms with van der Waals surface area (Å²) < 4.78 is 23.0. The van der Waals surface area contributed by atoms with Gasteiger partial charge in [-0.2, -0.15) is 0 Å². The number of likely N-dealkylation sites (N-methyl/N-ethyl adjacent to an activating group) is 1. The molecule has 0 bridgehead atoms. The van der Waals surface area contributed by atoms with E-state index >= 15 is 0 Å². The third kappa shape index (κ3) is 68.5. The van der Waals surface area contributed by atoms with Gasteiger partial charge >= 0.3 is 17.9 Å². The molecular formula is C77H142NO8+. The number of hydrogen-bond acceptors (Lipinski definition) is 7. The second-order valence-corrected chi connectivity index (χ2v) is 26.2. The molecule has 0 aromatic carbocycles. The Kier molecular flexibility index (Phi) is 65.5. The van der Waals surface area contributed by atoms with Crippen LogP contribution in [0, 0.1) is 0 Å². The van der Waals surface area contributed by atoms with Gasteiger partial charge in [0.1, 0.15) is 13.2 Å². The summed E-state index contributed by atoms with van der Waals surface area (Å²) in [6.45, 7) is 4.83. The molecule has 0 saturated carbocycles. The number of quaternary nitrogens is 1. The Hall–Kier alpha value is -3.01. The third-order valence-corrected chi connectivity index (χ3v) is 16.5. The maximum absolute atomic E-state index is 13.0. The lowest BCUT2D eigenvalue weighted by atomic mass is 10.0. The second-order valence-electron chi connectivity index (χ2n) is 26.2. The van der Waals surface area contributed by atoms with Crippen molar-refractivity contribution >= 4 is 17.9 Å². The van der Waals surface area contributed by atoms with Crippen LogP contribution in [0.1, 0.15) is 354 Å². The van der Waals surface area contributed by atoms with Gasteiger partial charge in [0.15, 0.2) is 6.10 Å². The number of hydrogen-bond donors (Lipinski definition) is 1. The highest BCUT2D eigenvalue weighted by atomic mass is 16.7. The molecule has 0 spiro atoms. The lowest BCUT2D eigenvalue weighted by molar-refractivity contribution is -0.870. The lowest BCUT2D eigenvalue weighted by Crippen LogP contribution is -2.40. The van der Waals surface area contributed by atoms with Gasteiger partial charge in [0.25, 0.3) is 6.29 Å². The minimum atomic E-state index is -1.51. The summed E-state index contributed by atoms with van der Waals surface area (Å²) in [5, 5.41) is 9.76. The lowest BCUT2D eigenvalue weighted by Gasteiger charge is -2.25. The Morgan fingerprint density at radius 1 is 0.360 bits per heavy atom. The highest BCUT2D eigenvalue weighted by molar-refractivity contribution is 5.71. The van der Waals surface area contributed by atoms with E-state index in [0.29, 0.717) is 17.4 Å². The Bertz CT molecular complexity index is 1600. The molecule has 0 radical (unpaired) electrons. The standard InChI is InChI=1S/C77H141NO8/c1-6-8-10-12-14-16-18-20-22-24-26-28-30-32-34-36-37-38-39-40-42-44-46-48-50-52-54-56-58-60-62-64-66-68-75(80)86-73(72-85-77(76(81)82)83-70-69-78(3,4)5)71-84-74(79)67-65-63-61-59-57-55-53-51-49-47-45-43-41-35-33-31-29-27-25-23-21-19-17-15-13-11-9-7-2/h8,10,14,16,20,22,26,28,32,34,73,77H,6-7,9,11-13,15,17-19,21,23-25,27,29-31,33,35-72H2,1-5H3/p+1/b10-8-,16-14-,22-20-,28-26-,34-32-. The van der Waals surface area contributed by atoms with E-state index in [9.17, 15) is 19.5 Å². The van der Waals surface area contributed by atoms with Crippen LogP contribution in [0.5, 0.6) is 0 Å². The van der Waals surface area contributed by atoms with Crippen LogP contribution in [-0.2, 0) is 33.3 Å². The molecule has 2 unspecified atom stereocenters. The van der Waals surface area contributed by atoms with Crippen LogP contribution in [0.15, 0.2) is 60.8 Å². The van der Waals surface area contributed by atoms with Crippen molar-refractivity contribution in [2.45, 2.75) is 367 Å². The van der Waals surface area contributed by atoms with E-state index in [4.69, 9.17) is 18.9 Å². The average Bonchev–Trinajstić information content (AvgIpc) is 3.64. The quantitative estimate of drug-likeness (QED) is 0.0211. The number of carboxylic acid groups (broad SMARTS) is 1. The van der Waals surface area contributed by atoms with E-state index in [2.05, 4.69) is 74.6 Å². The first-order valence-electron chi connectivity index (χ1n) is 37.0. The molecule has 9 nitrogen and oxygen atoms in total. The fourth-order valence-electron chi connectivity index (χ4n) is 10.9. The molecule has 86 heavy (non-hydrogen) atoms. The van der Waals surface area contributed by atoms with E-state index in [-0.39, 0.29) is 38.2 Å². The number of rotatable bonds is 69. The molecule has 0 saturated heterocycles. The minimum absolute atomic E-state index is 0.177. The Labute approximate surface area is 533 Å². The summed E-state index contributed by atoms with van der Waals surface area (Å²) in [4.78, 5) is 37.7. The molecule has 2 atom stereocenters. The van der Waals surface area contributed by atoms with Gasteiger partial charge in [-0.05, 0) is 57.8 Å². The van der Waals surface area contributed by atoms with Crippen molar-refractivity contribution in [3.8, 4) is 0 Å². The first-order chi connectivity index (χ1) is 42.1. The summed E-state index contributed by atoms with van der Waals surface area (Å²) >= 11 is 0. The number of aliphatic carboxylic acids is 1. The highest BCUT2D eigenvalue weighted by Gasteiger charge is 2.25. The zero-order chi connectivity index (χ0) is 62.6. The van der Waals surface area contributed by atoms with Crippen molar-refractivity contribution in [2.75, 3.05) is 47.5 Å². The number of carbonyl (C=O) groups excluding carboxylic acids is 2. The van der Waals surface area contributed by atoms with E-state index < -0.39 is 18.4 Å². The second kappa shape index (κ2) is 67.9. The molecule has 0 aliphatic rings. The van der Waals surface area contributed by atoms with Crippen molar-refractivity contribution in [1.29, 1.82) is 0 Å². The number of carbonyl (C=O) groups is 3. The van der Waals surface area contributed by atoms with Gasteiger partial charge in [-0.1, -0.05) is 344 Å². The number of unbranched alkanes of at least 4 members (excludes halogenated alkanes) is 44. The highest BCUT2D eigenvalue weighted by Crippen LogP contribution is 2.19. The van der Waals surface area contributed by atoms with Crippen molar-refractivity contribution in [1.82, 2.24) is 0 Å². The van der Waals surface area contributed by atoms with Gasteiger partial charge in [-0.3, -0.25) is 9.59 Å². The van der Waals surface area contributed by atoms with E-state index in [1.807, 2.05) is 21.1 Å². The summed E-state index contributed by atoms with van der Waals surface area (Å²) in [6, 6.07) is 0. The van der Waals surface area contributed by atoms with Crippen LogP contribution < -0.4 is 0 Å². The van der Waals surface area contributed by atoms with Crippen molar-refractivity contribution in [2.24, 2.45) is 0 Å². The number of nitrogens with zero attached hydrogens (tertiary/aromatic N) is 1. The molecule has 0 aromatic heterocycles. The van der Waals surface area contributed by atoms with Crippen molar-refractivity contribution in [3.63, 3.8) is 0 Å². The summed E-state index contributed by atoms with van der Waals surface area (Å²) in [6.07, 6.45) is 86.4. The average molecular weight is 1210 g/mol. The Morgan fingerprint density at radius 2 is 0.663 bits per heavy atom. The van der Waals surface area contributed by atoms with Gasteiger partial charge in [-0.15, -0.1) is 0 Å². The zero-order valence-corrected chi connectivity index (χ0v) is 57.5. The van der Waals surface area contributed by atoms with Gasteiger partial charge < -0.3 is 28.5 Å². The normalized spacial score (nSPS) is 13.0. The fraction of sp³-hybridized carbons (Fsp3) is 0.831. The van der Waals surface area contributed by atoms with E-state index in [1.165, 1.54) is 257 Å². The number of allylic oxidation sites excluding steroid dienone is 10. The molecule has 0 aliphatic heterocycles. The van der Waals surface area contributed by atoms with Gasteiger partial charge in [-0.25, -0.2) is 4.79 Å². The summed E-state index contributed by atoms with van der Waals surface area (Å²) in [5.74, 6) is -1.98. The molecule has 0 aliphatic carbocycles. The monoisotopic (exact) mass is 1210 g/mol. The molecule has 0 rings (SSSR count). The largest absolute Gasteiger partial charge is 0.477 e. The van der Waals surface area contributed by atoms with Crippen LogP contribution in [0.4, 0.5) is 0 Å². The summed E-state index contributed by atoms with van der Waals surface area (Å²) in [7, 11) is 5.99. The maximum atomic E-state index is 13.0. The van der Waals surface area contributed by atoms with Gasteiger partial charge in [0.2, 0.25) is 0 Å². The predicted octanol–water partition coefficient (Wildman–Crippen LogP) is 23.1. The molecule has 502 valence electrons. The maximum Gasteiger partial charge on any atom is 0.361 e. The number of ether oxygens (including phenoxy) is 4. The number of esters is 2. The van der Waals surface area contributed by atoms with E-state index in [0.717, 1.165) is 70.6 Å². The van der Waals surface area contributed by atoms with Gasteiger partial charge in [0.05, 0.1) is 34.4 Å². The number of carboxylic acids is 1. The first-order valence-corrected chi connectivity index (χ1v) is 37.0. The molecule has 0 amide bonds. The van der Waals surface area contributed by atoms with Gasteiger partial charge in [0, 0.05) is 12.8 Å². The third-order valence-electron chi connectivity index (χ3n) is 16.5. The van der Waals surface area contributed by atoms with Crippen molar-refractivity contribution in [3.05, 3.63) is 60.8 Å². The van der Waals surface area contributed by atoms with Crippen LogP contribution >= 0.6 is 0 Å². The first kappa shape index (κ1) is 83.0. The molecule has 0 aromatic rings. The van der Waals surface area contributed by atoms with Crippen molar-refractivity contribution < 1.29 is 42.9 Å². The predicted molar refractivity (Wildman–Crippen MR) is 369 cm³/mol. The van der Waals surface area contributed by atoms with Crippen LogP contribution in [0.25, 0.3) is 0 Å². The summed E-state index contributed by atoms with van der Waals surface area (Å²) in [5.41, 5.74) is 0. The van der Waals surface area contributed by atoms with E-state index in [1.54, 1.807) is 0 Å². The SMILES string of the molecule is CC/C=C\C/C=C\C/C=C\C/C=C\C/C=C\CCCCCCCCCCCCCCCCCCCC(=O)OC(COC(=O)CCCCCCCCCCCCCCCCCCCCCCCCCCCCCC)COC(OCC[N+](C)(C)C)C(=O)O. The van der Waals surface area contributed by atoms with Crippen LogP contribution in [0.3, 0.4) is 0 Å². The molecular weight excluding hydrogens is 1070 g/mol. The Morgan fingerprint density at radius 3 is 0.988 bits per heavy atom. The Balaban J connectivity index is 4.04. The fourth-order valence-corrected chi connectivity index (χ4v) is 10.9. The zero-order valence-electron chi connectivity index (χ0n) is 57.5.